The van der Waals surface area contributed by atoms with Crippen LogP contribution in [0.4, 0.5) is 0 Å². The first kappa shape index (κ1) is 14.3. The SMILES string of the molecule is CCC(CC)(c1ccccc1)C(N)C1=CCCCC1. The number of hydrogen-bond acceptors (Lipinski definition) is 1. The van der Waals surface area contributed by atoms with Crippen LogP contribution in [-0.4, -0.2) is 6.04 Å². The maximum atomic E-state index is 6.71. The molecular weight excluding hydrogens is 230 g/mol. The molecule has 1 unspecified atom stereocenters. The summed E-state index contributed by atoms with van der Waals surface area (Å²) in [6, 6.07) is 11.0. The van der Waals surface area contributed by atoms with Crippen molar-refractivity contribution in [2.45, 2.75) is 63.8 Å². The number of rotatable bonds is 5. The lowest BCUT2D eigenvalue weighted by atomic mass is 9.67. The van der Waals surface area contributed by atoms with Gasteiger partial charge in [-0.2, -0.15) is 0 Å². The molecule has 1 aromatic rings. The molecule has 0 aromatic heterocycles. The fraction of sp³-hybridized carbons (Fsp3) is 0.556. The molecule has 1 aliphatic rings. The Morgan fingerprint density at radius 3 is 2.32 bits per heavy atom. The lowest BCUT2D eigenvalue weighted by Gasteiger charge is -2.40. The smallest absolute Gasteiger partial charge is 0.0351 e. The molecule has 0 fully saturated rings. The van der Waals surface area contributed by atoms with Crippen LogP contribution < -0.4 is 5.73 Å². The van der Waals surface area contributed by atoms with Gasteiger partial charge in [-0.15, -0.1) is 0 Å². The highest BCUT2D eigenvalue weighted by Crippen LogP contribution is 2.39. The van der Waals surface area contributed by atoms with Crippen molar-refractivity contribution in [2.24, 2.45) is 5.73 Å². The highest BCUT2D eigenvalue weighted by atomic mass is 14.7. The highest BCUT2D eigenvalue weighted by molar-refractivity contribution is 5.33. The van der Waals surface area contributed by atoms with Crippen LogP contribution in [0.3, 0.4) is 0 Å². The van der Waals surface area contributed by atoms with Gasteiger partial charge in [0.15, 0.2) is 0 Å². The molecule has 1 atom stereocenters. The van der Waals surface area contributed by atoms with Crippen molar-refractivity contribution in [3.05, 3.63) is 47.5 Å². The first-order valence-electron chi connectivity index (χ1n) is 7.74. The van der Waals surface area contributed by atoms with Gasteiger partial charge in [0.2, 0.25) is 0 Å². The van der Waals surface area contributed by atoms with Gasteiger partial charge in [-0.1, -0.05) is 55.8 Å². The largest absolute Gasteiger partial charge is 0.323 e. The Kier molecular flexibility index (Phi) is 4.81. The molecule has 0 heterocycles. The lowest BCUT2D eigenvalue weighted by Crippen LogP contribution is -2.46. The zero-order chi connectivity index (χ0) is 13.7. The summed E-state index contributed by atoms with van der Waals surface area (Å²) in [6.07, 6.45) is 9.64. The Morgan fingerprint density at radius 1 is 1.11 bits per heavy atom. The molecule has 0 bridgehead atoms. The van der Waals surface area contributed by atoms with E-state index in [-0.39, 0.29) is 11.5 Å². The second-order valence-corrected chi connectivity index (χ2v) is 5.73. The van der Waals surface area contributed by atoms with Gasteiger partial charge in [0.25, 0.3) is 0 Å². The fourth-order valence-electron chi connectivity index (χ4n) is 3.55. The molecule has 1 aromatic carbocycles. The summed E-state index contributed by atoms with van der Waals surface area (Å²) in [5.41, 5.74) is 9.70. The Balaban J connectivity index is 2.36. The van der Waals surface area contributed by atoms with Crippen LogP contribution in [0.2, 0.25) is 0 Å². The number of hydrogen-bond donors (Lipinski definition) is 1. The molecule has 1 aliphatic carbocycles. The van der Waals surface area contributed by atoms with E-state index in [9.17, 15) is 0 Å². The molecule has 0 amide bonds. The zero-order valence-electron chi connectivity index (χ0n) is 12.4. The molecule has 19 heavy (non-hydrogen) atoms. The van der Waals surface area contributed by atoms with Crippen molar-refractivity contribution >= 4 is 0 Å². The van der Waals surface area contributed by atoms with E-state index in [1.807, 2.05) is 0 Å². The average molecular weight is 257 g/mol. The molecule has 2 rings (SSSR count). The van der Waals surface area contributed by atoms with Gasteiger partial charge in [-0.05, 0) is 44.1 Å². The summed E-state index contributed by atoms with van der Waals surface area (Å²) in [7, 11) is 0. The van der Waals surface area contributed by atoms with Crippen molar-refractivity contribution in [2.75, 3.05) is 0 Å². The van der Waals surface area contributed by atoms with E-state index >= 15 is 0 Å². The van der Waals surface area contributed by atoms with Gasteiger partial charge in [0.05, 0.1) is 0 Å². The van der Waals surface area contributed by atoms with Crippen molar-refractivity contribution < 1.29 is 0 Å². The van der Waals surface area contributed by atoms with Crippen LogP contribution in [0.25, 0.3) is 0 Å². The van der Waals surface area contributed by atoms with Crippen molar-refractivity contribution in [1.29, 1.82) is 0 Å². The van der Waals surface area contributed by atoms with Crippen LogP contribution >= 0.6 is 0 Å². The summed E-state index contributed by atoms with van der Waals surface area (Å²) in [4.78, 5) is 0. The standard InChI is InChI=1S/C18H27N/c1-3-18(4-2,16-13-9-6-10-14-16)17(19)15-11-7-5-8-12-15/h6,9-11,13-14,17H,3-5,7-8,12,19H2,1-2H3. The minimum absolute atomic E-state index is 0.102. The van der Waals surface area contributed by atoms with E-state index in [0.29, 0.717) is 0 Å². The first-order chi connectivity index (χ1) is 9.24. The summed E-state index contributed by atoms with van der Waals surface area (Å²) >= 11 is 0. The Bertz CT molecular complexity index is 415. The first-order valence-corrected chi connectivity index (χ1v) is 7.74. The van der Waals surface area contributed by atoms with Gasteiger partial charge in [0.1, 0.15) is 0 Å². The highest BCUT2D eigenvalue weighted by Gasteiger charge is 2.36. The third-order valence-electron chi connectivity index (χ3n) is 4.93. The molecule has 0 spiro atoms. The van der Waals surface area contributed by atoms with Gasteiger partial charge < -0.3 is 5.73 Å². The van der Waals surface area contributed by atoms with Crippen LogP contribution in [0.15, 0.2) is 42.0 Å². The maximum Gasteiger partial charge on any atom is 0.0351 e. The van der Waals surface area contributed by atoms with Gasteiger partial charge in [-0.3, -0.25) is 0 Å². The average Bonchev–Trinajstić information content (AvgIpc) is 2.51. The van der Waals surface area contributed by atoms with E-state index in [0.717, 1.165) is 12.8 Å². The minimum atomic E-state index is 0.102. The topological polar surface area (TPSA) is 26.0 Å². The predicted molar refractivity (Wildman–Crippen MR) is 83.2 cm³/mol. The van der Waals surface area contributed by atoms with Crippen LogP contribution in [0.1, 0.15) is 57.9 Å². The second kappa shape index (κ2) is 6.38. The van der Waals surface area contributed by atoms with Gasteiger partial charge >= 0.3 is 0 Å². The van der Waals surface area contributed by atoms with Crippen LogP contribution in [-0.2, 0) is 5.41 Å². The molecule has 104 valence electrons. The fourth-order valence-corrected chi connectivity index (χ4v) is 3.55. The summed E-state index contributed by atoms with van der Waals surface area (Å²) in [5.74, 6) is 0. The Morgan fingerprint density at radius 2 is 1.79 bits per heavy atom. The molecule has 1 nitrogen and oxygen atoms in total. The van der Waals surface area contributed by atoms with E-state index in [2.05, 4.69) is 50.3 Å². The zero-order valence-corrected chi connectivity index (χ0v) is 12.4. The number of nitrogens with two attached hydrogens (primary N) is 1. The normalized spacial score (nSPS) is 17.9. The summed E-state index contributed by atoms with van der Waals surface area (Å²) < 4.78 is 0. The molecule has 0 saturated carbocycles. The van der Waals surface area contributed by atoms with Crippen LogP contribution in [0, 0.1) is 0 Å². The third kappa shape index (κ3) is 2.76. The molecule has 0 saturated heterocycles. The summed E-state index contributed by atoms with van der Waals surface area (Å²) in [5, 5.41) is 0. The predicted octanol–water partition coefficient (Wildman–Crippen LogP) is 4.57. The monoisotopic (exact) mass is 257 g/mol. The molecule has 1 heteroatoms. The molecule has 2 N–H and O–H groups in total. The lowest BCUT2D eigenvalue weighted by molar-refractivity contribution is 0.337. The molecular formula is C18H27N. The van der Waals surface area contributed by atoms with Crippen LogP contribution in [0.5, 0.6) is 0 Å². The Hall–Kier alpha value is -1.08. The number of allylic oxidation sites excluding steroid dienone is 1. The maximum absolute atomic E-state index is 6.71. The second-order valence-electron chi connectivity index (χ2n) is 5.73. The van der Waals surface area contributed by atoms with Crippen molar-refractivity contribution in [1.82, 2.24) is 0 Å². The minimum Gasteiger partial charge on any atom is -0.323 e. The van der Waals surface area contributed by atoms with Gasteiger partial charge in [-0.25, -0.2) is 0 Å². The molecule has 0 aliphatic heterocycles. The van der Waals surface area contributed by atoms with Crippen molar-refractivity contribution in [3.8, 4) is 0 Å². The quantitative estimate of drug-likeness (QED) is 0.768. The molecule has 0 radical (unpaired) electrons. The van der Waals surface area contributed by atoms with Gasteiger partial charge in [0, 0.05) is 11.5 Å². The van der Waals surface area contributed by atoms with E-state index in [1.165, 1.54) is 36.8 Å². The van der Waals surface area contributed by atoms with E-state index in [1.54, 1.807) is 0 Å². The third-order valence-corrected chi connectivity index (χ3v) is 4.93. The number of benzene rings is 1. The van der Waals surface area contributed by atoms with Crippen molar-refractivity contribution in [3.63, 3.8) is 0 Å². The van der Waals surface area contributed by atoms with E-state index in [4.69, 9.17) is 5.73 Å². The Labute approximate surface area is 117 Å². The van der Waals surface area contributed by atoms with E-state index < -0.39 is 0 Å². The summed E-state index contributed by atoms with van der Waals surface area (Å²) in [6.45, 7) is 4.56.